The molecule has 0 amide bonds. The van der Waals surface area contributed by atoms with Crippen molar-refractivity contribution in [3.8, 4) is 11.5 Å². The minimum Gasteiger partial charge on any atom is -0.493 e. The SMILES string of the molecule is CCC(CC)CNCc1cc(OC)c(OC)cc1Br. The molecule has 3 nitrogen and oxygen atoms in total. The second-order valence-electron chi connectivity index (χ2n) is 4.61. The van der Waals surface area contributed by atoms with Crippen LogP contribution < -0.4 is 14.8 Å². The molecule has 0 aliphatic rings. The van der Waals surface area contributed by atoms with Crippen molar-refractivity contribution in [2.75, 3.05) is 20.8 Å². The zero-order valence-electron chi connectivity index (χ0n) is 12.3. The van der Waals surface area contributed by atoms with E-state index in [1.165, 1.54) is 18.4 Å². The summed E-state index contributed by atoms with van der Waals surface area (Å²) in [6.07, 6.45) is 2.44. The van der Waals surface area contributed by atoms with Gasteiger partial charge in [-0.15, -0.1) is 0 Å². The summed E-state index contributed by atoms with van der Waals surface area (Å²) in [5.74, 6) is 2.27. The molecule has 0 fully saturated rings. The number of hydrogen-bond donors (Lipinski definition) is 1. The van der Waals surface area contributed by atoms with Crippen molar-refractivity contribution in [3.05, 3.63) is 22.2 Å². The first-order valence-corrected chi connectivity index (χ1v) is 7.56. The van der Waals surface area contributed by atoms with Crippen LogP contribution >= 0.6 is 15.9 Å². The molecule has 0 radical (unpaired) electrons. The summed E-state index contributed by atoms with van der Waals surface area (Å²) in [5, 5.41) is 3.51. The fourth-order valence-corrected chi connectivity index (χ4v) is 2.48. The van der Waals surface area contributed by atoms with Gasteiger partial charge in [0.05, 0.1) is 14.2 Å². The Morgan fingerprint density at radius 3 is 2.21 bits per heavy atom. The molecule has 0 aromatic heterocycles. The molecule has 19 heavy (non-hydrogen) atoms. The van der Waals surface area contributed by atoms with Gasteiger partial charge < -0.3 is 14.8 Å². The van der Waals surface area contributed by atoms with E-state index in [-0.39, 0.29) is 0 Å². The molecule has 0 spiro atoms. The average Bonchev–Trinajstić information content (AvgIpc) is 2.44. The fraction of sp³-hybridized carbons (Fsp3) is 0.600. The normalized spacial score (nSPS) is 10.8. The Kier molecular flexibility index (Phi) is 7.24. The monoisotopic (exact) mass is 329 g/mol. The van der Waals surface area contributed by atoms with E-state index in [0.29, 0.717) is 0 Å². The highest BCUT2D eigenvalue weighted by Gasteiger charge is 2.10. The summed E-state index contributed by atoms with van der Waals surface area (Å²) in [7, 11) is 3.31. The lowest BCUT2D eigenvalue weighted by Crippen LogP contribution is -2.21. The first-order chi connectivity index (χ1) is 9.15. The maximum Gasteiger partial charge on any atom is 0.161 e. The van der Waals surface area contributed by atoms with E-state index in [4.69, 9.17) is 9.47 Å². The minimum absolute atomic E-state index is 0.748. The van der Waals surface area contributed by atoms with Crippen molar-refractivity contribution < 1.29 is 9.47 Å². The highest BCUT2D eigenvalue weighted by molar-refractivity contribution is 9.10. The van der Waals surface area contributed by atoms with Crippen LogP contribution in [0.5, 0.6) is 11.5 Å². The Morgan fingerprint density at radius 2 is 1.68 bits per heavy atom. The van der Waals surface area contributed by atoms with E-state index >= 15 is 0 Å². The maximum atomic E-state index is 5.33. The van der Waals surface area contributed by atoms with Crippen molar-refractivity contribution in [2.24, 2.45) is 5.92 Å². The summed E-state index contributed by atoms with van der Waals surface area (Å²) in [5.41, 5.74) is 1.18. The Morgan fingerprint density at radius 1 is 1.11 bits per heavy atom. The molecule has 1 aromatic rings. The largest absolute Gasteiger partial charge is 0.493 e. The molecule has 0 aliphatic heterocycles. The Balaban J connectivity index is 2.68. The van der Waals surface area contributed by atoms with E-state index in [1.807, 2.05) is 12.1 Å². The van der Waals surface area contributed by atoms with Gasteiger partial charge in [-0.1, -0.05) is 42.6 Å². The Labute approximate surface area is 124 Å². The van der Waals surface area contributed by atoms with Crippen LogP contribution in [0.4, 0.5) is 0 Å². The fourth-order valence-electron chi connectivity index (χ4n) is 2.02. The summed E-state index contributed by atoms with van der Waals surface area (Å²) in [6, 6.07) is 3.97. The van der Waals surface area contributed by atoms with E-state index in [1.54, 1.807) is 14.2 Å². The van der Waals surface area contributed by atoms with Crippen LogP contribution in [-0.2, 0) is 6.54 Å². The lowest BCUT2D eigenvalue weighted by molar-refractivity contribution is 0.354. The third-order valence-electron chi connectivity index (χ3n) is 3.46. The second kappa shape index (κ2) is 8.43. The topological polar surface area (TPSA) is 30.5 Å². The molecule has 0 bridgehead atoms. The Bertz CT molecular complexity index is 392. The van der Waals surface area contributed by atoms with Crippen molar-refractivity contribution >= 4 is 15.9 Å². The zero-order chi connectivity index (χ0) is 14.3. The molecular weight excluding hydrogens is 306 g/mol. The number of methoxy groups -OCH3 is 2. The van der Waals surface area contributed by atoms with Crippen molar-refractivity contribution in [2.45, 2.75) is 33.2 Å². The molecule has 0 atom stereocenters. The van der Waals surface area contributed by atoms with E-state index in [2.05, 4.69) is 35.1 Å². The third-order valence-corrected chi connectivity index (χ3v) is 4.19. The van der Waals surface area contributed by atoms with Crippen molar-refractivity contribution in [1.82, 2.24) is 5.32 Å². The van der Waals surface area contributed by atoms with Gasteiger partial charge in [0, 0.05) is 11.0 Å². The molecule has 0 heterocycles. The summed E-state index contributed by atoms with van der Waals surface area (Å²) < 4.78 is 11.6. The molecule has 0 saturated carbocycles. The van der Waals surface area contributed by atoms with Crippen LogP contribution in [0.2, 0.25) is 0 Å². The predicted octanol–water partition coefficient (Wildman–Crippen LogP) is 3.99. The van der Waals surface area contributed by atoms with Crippen LogP contribution in [-0.4, -0.2) is 20.8 Å². The average molecular weight is 330 g/mol. The lowest BCUT2D eigenvalue weighted by atomic mass is 10.0. The second-order valence-corrected chi connectivity index (χ2v) is 5.47. The van der Waals surface area contributed by atoms with Crippen LogP contribution in [0.3, 0.4) is 0 Å². The molecule has 0 aliphatic carbocycles. The van der Waals surface area contributed by atoms with E-state index in [0.717, 1.165) is 35.0 Å². The standard InChI is InChI=1S/C15H24BrNO2/c1-5-11(6-2)9-17-10-12-7-14(18-3)15(19-4)8-13(12)16/h7-8,11,17H,5-6,9-10H2,1-4H3. The molecule has 1 N–H and O–H groups in total. The van der Waals surface area contributed by atoms with Crippen molar-refractivity contribution in [1.29, 1.82) is 0 Å². The highest BCUT2D eigenvalue weighted by atomic mass is 79.9. The quantitative estimate of drug-likeness (QED) is 0.782. The van der Waals surface area contributed by atoms with Crippen LogP contribution in [0.1, 0.15) is 32.3 Å². The van der Waals surface area contributed by atoms with Crippen LogP contribution in [0, 0.1) is 5.92 Å². The van der Waals surface area contributed by atoms with Gasteiger partial charge in [-0.2, -0.15) is 0 Å². The lowest BCUT2D eigenvalue weighted by Gasteiger charge is -2.15. The van der Waals surface area contributed by atoms with Gasteiger partial charge in [0.1, 0.15) is 0 Å². The first kappa shape index (κ1) is 16.3. The number of benzene rings is 1. The van der Waals surface area contributed by atoms with Gasteiger partial charge >= 0.3 is 0 Å². The van der Waals surface area contributed by atoms with Crippen LogP contribution in [0.15, 0.2) is 16.6 Å². The number of ether oxygens (including phenoxy) is 2. The van der Waals surface area contributed by atoms with Gasteiger partial charge in [0.2, 0.25) is 0 Å². The predicted molar refractivity (Wildman–Crippen MR) is 83.0 cm³/mol. The molecule has 108 valence electrons. The summed E-state index contributed by atoms with van der Waals surface area (Å²) in [4.78, 5) is 0. The van der Waals surface area contributed by atoms with Gasteiger partial charge in [-0.05, 0) is 30.2 Å². The summed E-state index contributed by atoms with van der Waals surface area (Å²) >= 11 is 3.58. The van der Waals surface area contributed by atoms with Crippen LogP contribution in [0.25, 0.3) is 0 Å². The molecule has 0 unspecified atom stereocenters. The maximum absolute atomic E-state index is 5.33. The van der Waals surface area contributed by atoms with Gasteiger partial charge in [0.15, 0.2) is 11.5 Å². The number of halogens is 1. The smallest absolute Gasteiger partial charge is 0.161 e. The molecule has 0 saturated heterocycles. The zero-order valence-corrected chi connectivity index (χ0v) is 13.8. The molecule has 4 heteroatoms. The number of hydrogen-bond acceptors (Lipinski definition) is 3. The Hall–Kier alpha value is -0.740. The molecular formula is C15H24BrNO2. The number of rotatable bonds is 8. The van der Waals surface area contributed by atoms with Gasteiger partial charge in [0.25, 0.3) is 0 Å². The van der Waals surface area contributed by atoms with E-state index in [9.17, 15) is 0 Å². The first-order valence-electron chi connectivity index (χ1n) is 6.77. The van der Waals surface area contributed by atoms with Crippen molar-refractivity contribution in [3.63, 3.8) is 0 Å². The minimum atomic E-state index is 0.748. The molecule has 1 rings (SSSR count). The highest BCUT2D eigenvalue weighted by Crippen LogP contribution is 2.33. The van der Waals surface area contributed by atoms with Gasteiger partial charge in [-0.25, -0.2) is 0 Å². The number of nitrogens with one attached hydrogen (secondary N) is 1. The van der Waals surface area contributed by atoms with Gasteiger partial charge in [-0.3, -0.25) is 0 Å². The molecule has 1 aromatic carbocycles. The summed E-state index contributed by atoms with van der Waals surface area (Å²) in [6.45, 7) is 6.36. The van der Waals surface area contributed by atoms with E-state index < -0.39 is 0 Å². The third kappa shape index (κ3) is 4.69.